The van der Waals surface area contributed by atoms with Crippen LogP contribution in [0.1, 0.15) is 18.4 Å². The highest BCUT2D eigenvalue weighted by Gasteiger charge is 2.21. The lowest BCUT2D eigenvalue weighted by Crippen LogP contribution is -3.08. The van der Waals surface area contributed by atoms with Crippen LogP contribution >= 0.6 is 11.6 Å². The minimum atomic E-state index is -0.332. The van der Waals surface area contributed by atoms with E-state index in [1.165, 1.54) is 23.8 Å². The van der Waals surface area contributed by atoms with Gasteiger partial charge in [0.05, 0.1) is 23.6 Å². The van der Waals surface area contributed by atoms with Crippen molar-refractivity contribution in [2.24, 2.45) is 0 Å². The summed E-state index contributed by atoms with van der Waals surface area (Å²) in [7, 11) is 0. The Morgan fingerprint density at radius 1 is 1.38 bits per heavy atom. The van der Waals surface area contributed by atoms with E-state index in [-0.39, 0.29) is 10.6 Å². The normalized spacial score (nSPS) is 16.6. The molecule has 0 unspecified atom stereocenters. The fourth-order valence-electron chi connectivity index (χ4n) is 2.19. The third-order valence-electron chi connectivity index (χ3n) is 2.99. The van der Waals surface area contributed by atoms with Crippen LogP contribution in [0.4, 0.5) is 5.69 Å². The van der Waals surface area contributed by atoms with Crippen LogP contribution in [0.15, 0.2) is 18.2 Å². The van der Waals surface area contributed by atoms with Crippen molar-refractivity contribution in [2.45, 2.75) is 19.4 Å². The second-order valence-electron chi connectivity index (χ2n) is 4.16. The highest BCUT2D eigenvalue weighted by molar-refractivity contribution is 6.30. The number of nitro groups is 1. The van der Waals surface area contributed by atoms with Gasteiger partial charge >= 0.3 is 0 Å². The number of nitro benzene ring substituents is 1. The smallest absolute Gasteiger partial charge is 0.278 e. The van der Waals surface area contributed by atoms with E-state index >= 15 is 0 Å². The zero-order chi connectivity index (χ0) is 11.5. The zero-order valence-electron chi connectivity index (χ0n) is 8.91. The molecule has 1 aliphatic rings. The van der Waals surface area contributed by atoms with E-state index in [1.54, 1.807) is 12.1 Å². The summed E-state index contributed by atoms with van der Waals surface area (Å²) in [6.07, 6.45) is 2.42. The van der Waals surface area contributed by atoms with Crippen molar-refractivity contribution in [3.8, 4) is 0 Å². The van der Waals surface area contributed by atoms with Gasteiger partial charge in [0.1, 0.15) is 6.54 Å². The van der Waals surface area contributed by atoms with Gasteiger partial charge in [-0.2, -0.15) is 0 Å². The molecule has 2 rings (SSSR count). The molecule has 0 bridgehead atoms. The summed E-state index contributed by atoms with van der Waals surface area (Å²) in [6.45, 7) is 2.91. The first-order valence-corrected chi connectivity index (χ1v) is 5.81. The molecule has 1 aromatic rings. The summed E-state index contributed by atoms with van der Waals surface area (Å²) in [4.78, 5) is 11.9. The summed E-state index contributed by atoms with van der Waals surface area (Å²) in [5.41, 5.74) is 0.929. The molecule has 1 N–H and O–H groups in total. The molecule has 1 aromatic carbocycles. The molecule has 86 valence electrons. The number of quaternary nitrogens is 1. The van der Waals surface area contributed by atoms with Crippen molar-refractivity contribution < 1.29 is 9.82 Å². The minimum absolute atomic E-state index is 0.184. The number of hydrogen-bond donors (Lipinski definition) is 1. The number of halogens is 1. The van der Waals surface area contributed by atoms with Crippen LogP contribution in [-0.4, -0.2) is 18.0 Å². The van der Waals surface area contributed by atoms with Crippen LogP contribution in [0.2, 0.25) is 5.02 Å². The van der Waals surface area contributed by atoms with Crippen molar-refractivity contribution in [3.63, 3.8) is 0 Å². The lowest BCUT2D eigenvalue weighted by Gasteiger charge is -2.12. The number of nitrogens with zero attached hydrogens (tertiary/aromatic N) is 1. The molecule has 0 amide bonds. The van der Waals surface area contributed by atoms with Crippen LogP contribution in [0.3, 0.4) is 0 Å². The fourth-order valence-corrected chi connectivity index (χ4v) is 2.39. The largest absolute Gasteiger partial charge is 0.331 e. The average molecular weight is 242 g/mol. The van der Waals surface area contributed by atoms with Gasteiger partial charge in [0.2, 0.25) is 0 Å². The van der Waals surface area contributed by atoms with Crippen molar-refractivity contribution in [3.05, 3.63) is 38.9 Å². The predicted molar refractivity (Wildman–Crippen MR) is 61.7 cm³/mol. The quantitative estimate of drug-likeness (QED) is 0.643. The van der Waals surface area contributed by atoms with Crippen LogP contribution in [0.25, 0.3) is 0 Å². The van der Waals surface area contributed by atoms with Gasteiger partial charge < -0.3 is 4.90 Å². The monoisotopic (exact) mass is 241 g/mol. The van der Waals surface area contributed by atoms with Gasteiger partial charge in [0.25, 0.3) is 5.69 Å². The minimum Gasteiger partial charge on any atom is -0.331 e. The van der Waals surface area contributed by atoms with Gasteiger partial charge in [0.15, 0.2) is 0 Å². The van der Waals surface area contributed by atoms with Crippen molar-refractivity contribution in [1.29, 1.82) is 0 Å². The number of benzene rings is 1. The van der Waals surface area contributed by atoms with E-state index in [1.807, 2.05) is 0 Å². The van der Waals surface area contributed by atoms with Gasteiger partial charge in [0, 0.05) is 23.9 Å². The zero-order valence-corrected chi connectivity index (χ0v) is 9.67. The lowest BCUT2D eigenvalue weighted by molar-refractivity contribution is -0.901. The second kappa shape index (κ2) is 4.80. The molecule has 4 nitrogen and oxygen atoms in total. The first-order chi connectivity index (χ1) is 7.66. The molecule has 0 aliphatic carbocycles. The van der Waals surface area contributed by atoms with Gasteiger partial charge in [-0.25, -0.2) is 0 Å². The highest BCUT2D eigenvalue weighted by Crippen LogP contribution is 2.22. The maximum absolute atomic E-state index is 10.9. The predicted octanol–water partition coefficient (Wildman–Crippen LogP) is 1.43. The molecule has 16 heavy (non-hydrogen) atoms. The summed E-state index contributed by atoms with van der Waals surface area (Å²) >= 11 is 5.88. The fraction of sp³-hybridized carbons (Fsp3) is 0.455. The Kier molecular flexibility index (Phi) is 3.41. The Labute approximate surface area is 99.0 Å². The Morgan fingerprint density at radius 3 is 2.69 bits per heavy atom. The maximum atomic E-state index is 10.9. The number of likely N-dealkylation sites (tertiary alicyclic amines) is 1. The molecular formula is C11H14ClN2O2+. The van der Waals surface area contributed by atoms with Gasteiger partial charge in [-0.15, -0.1) is 0 Å². The summed E-state index contributed by atoms with van der Waals surface area (Å²) < 4.78 is 0. The topological polar surface area (TPSA) is 47.6 Å². The van der Waals surface area contributed by atoms with Crippen LogP contribution in [-0.2, 0) is 6.54 Å². The van der Waals surface area contributed by atoms with E-state index in [2.05, 4.69) is 0 Å². The first kappa shape index (κ1) is 11.4. The number of nitrogens with one attached hydrogen (secondary N) is 1. The second-order valence-corrected chi connectivity index (χ2v) is 4.60. The Bertz CT molecular complexity index is 403. The Morgan fingerprint density at radius 2 is 2.06 bits per heavy atom. The van der Waals surface area contributed by atoms with Crippen molar-refractivity contribution in [1.82, 2.24) is 0 Å². The molecule has 1 saturated heterocycles. The van der Waals surface area contributed by atoms with E-state index in [4.69, 9.17) is 11.6 Å². The van der Waals surface area contributed by atoms with Crippen LogP contribution in [0.5, 0.6) is 0 Å². The van der Waals surface area contributed by atoms with Gasteiger partial charge in [-0.3, -0.25) is 10.1 Å². The molecule has 0 aromatic heterocycles. The SMILES string of the molecule is O=[N+]([O-])c1ccc(Cl)cc1C[NH+]1CCCC1. The first-order valence-electron chi connectivity index (χ1n) is 5.43. The molecule has 1 fully saturated rings. The summed E-state index contributed by atoms with van der Waals surface area (Å²) in [5.74, 6) is 0. The van der Waals surface area contributed by atoms with Crippen molar-refractivity contribution >= 4 is 17.3 Å². The Balaban J connectivity index is 2.22. The molecular weight excluding hydrogens is 228 g/mol. The van der Waals surface area contributed by atoms with E-state index in [0.717, 1.165) is 18.7 Å². The molecule has 1 heterocycles. The maximum Gasteiger partial charge on any atom is 0.278 e. The molecule has 0 saturated carbocycles. The Hall–Kier alpha value is -1.13. The van der Waals surface area contributed by atoms with Gasteiger partial charge in [-0.1, -0.05) is 11.6 Å². The standard InChI is InChI=1S/C11H13ClN2O2/c12-10-3-4-11(14(15)16)9(7-10)8-13-5-1-2-6-13/h3-4,7H,1-2,5-6,8H2/p+1. The third-order valence-corrected chi connectivity index (χ3v) is 3.22. The average Bonchev–Trinajstić information content (AvgIpc) is 2.70. The third kappa shape index (κ3) is 2.51. The molecule has 0 radical (unpaired) electrons. The van der Waals surface area contributed by atoms with E-state index < -0.39 is 0 Å². The van der Waals surface area contributed by atoms with Crippen LogP contribution in [0, 0.1) is 10.1 Å². The van der Waals surface area contributed by atoms with E-state index in [0.29, 0.717) is 11.6 Å². The van der Waals surface area contributed by atoms with Gasteiger partial charge in [-0.05, 0) is 12.1 Å². The summed E-state index contributed by atoms with van der Waals surface area (Å²) in [6, 6.07) is 4.78. The molecule has 5 heteroatoms. The number of hydrogen-bond acceptors (Lipinski definition) is 2. The molecule has 0 atom stereocenters. The molecule has 1 aliphatic heterocycles. The van der Waals surface area contributed by atoms with E-state index in [9.17, 15) is 10.1 Å². The number of rotatable bonds is 3. The lowest BCUT2D eigenvalue weighted by atomic mass is 10.1. The van der Waals surface area contributed by atoms with Crippen LogP contribution < -0.4 is 4.90 Å². The summed E-state index contributed by atoms with van der Waals surface area (Å²) in [5, 5.41) is 11.4. The van der Waals surface area contributed by atoms with Crippen molar-refractivity contribution in [2.75, 3.05) is 13.1 Å². The molecule has 0 spiro atoms. The highest BCUT2D eigenvalue weighted by atomic mass is 35.5.